The number of aryl methyl sites for hydroxylation is 1. The zero-order chi connectivity index (χ0) is 18.8. The molecule has 0 aromatic heterocycles. The van der Waals surface area contributed by atoms with E-state index in [1.807, 2.05) is 11.4 Å². The quantitative estimate of drug-likeness (QED) is 0.667. The van der Waals surface area contributed by atoms with Gasteiger partial charge in [-0.1, -0.05) is 18.2 Å². The third-order valence-corrected chi connectivity index (χ3v) is 4.10. The lowest BCUT2D eigenvalue weighted by Crippen LogP contribution is -2.38. The smallest absolute Gasteiger partial charge is 0.244 e. The number of amides is 2. The number of carbonyl (C=O) groups is 2. The standard InChI is InChI=1S/C18H14F4N2O2/c19-11-8-12(20)17(22)18(16(11)21)23-14(25)9-24-13-6-2-1-4-10(13)5-3-7-15(24)26/h1-2,4,6,8H,3,5,7,9H2,(H,23,25). The van der Waals surface area contributed by atoms with Gasteiger partial charge in [0.1, 0.15) is 12.2 Å². The Kier molecular flexibility index (Phi) is 4.92. The zero-order valence-electron chi connectivity index (χ0n) is 13.5. The minimum atomic E-state index is -1.71. The summed E-state index contributed by atoms with van der Waals surface area (Å²) in [4.78, 5) is 25.7. The summed E-state index contributed by atoms with van der Waals surface area (Å²) in [5, 5.41) is 1.82. The van der Waals surface area contributed by atoms with Crippen LogP contribution in [0.15, 0.2) is 30.3 Å². The molecule has 136 valence electrons. The first-order chi connectivity index (χ1) is 12.4. The molecule has 1 aliphatic rings. The number of carbonyl (C=O) groups excluding carboxylic acids is 2. The Morgan fingerprint density at radius 2 is 1.69 bits per heavy atom. The number of nitrogens with zero attached hydrogens (tertiary/aromatic N) is 1. The van der Waals surface area contributed by atoms with Crippen molar-refractivity contribution in [2.45, 2.75) is 19.3 Å². The topological polar surface area (TPSA) is 49.4 Å². The number of hydrogen-bond donors (Lipinski definition) is 1. The summed E-state index contributed by atoms with van der Waals surface area (Å²) in [5.41, 5.74) is 0.167. The van der Waals surface area contributed by atoms with Gasteiger partial charge in [-0.15, -0.1) is 0 Å². The Labute approximate surface area is 146 Å². The number of benzene rings is 2. The van der Waals surface area contributed by atoms with Crippen LogP contribution in [0.25, 0.3) is 0 Å². The molecule has 0 unspecified atom stereocenters. The molecule has 0 aliphatic carbocycles. The Hall–Kier alpha value is -2.90. The first kappa shape index (κ1) is 17.9. The van der Waals surface area contributed by atoms with Crippen molar-refractivity contribution in [2.24, 2.45) is 0 Å². The van der Waals surface area contributed by atoms with Crippen molar-refractivity contribution in [1.29, 1.82) is 0 Å². The molecule has 0 fully saturated rings. The minimum absolute atomic E-state index is 0.0505. The van der Waals surface area contributed by atoms with Crippen LogP contribution in [0.5, 0.6) is 0 Å². The van der Waals surface area contributed by atoms with Crippen molar-refractivity contribution in [3.05, 3.63) is 59.2 Å². The highest BCUT2D eigenvalue weighted by atomic mass is 19.2. The number of para-hydroxylation sites is 1. The van der Waals surface area contributed by atoms with Crippen LogP contribution in [0.2, 0.25) is 0 Å². The molecule has 3 rings (SSSR count). The van der Waals surface area contributed by atoms with Gasteiger partial charge in [0.2, 0.25) is 11.8 Å². The second-order valence-corrected chi connectivity index (χ2v) is 5.85. The van der Waals surface area contributed by atoms with Crippen molar-refractivity contribution < 1.29 is 27.2 Å². The van der Waals surface area contributed by atoms with Crippen LogP contribution in [0.3, 0.4) is 0 Å². The summed E-state index contributed by atoms with van der Waals surface area (Å²) in [6.07, 6.45) is 1.46. The Bertz CT molecular complexity index is 859. The molecule has 2 aromatic carbocycles. The van der Waals surface area contributed by atoms with Gasteiger partial charge < -0.3 is 10.2 Å². The van der Waals surface area contributed by atoms with Gasteiger partial charge >= 0.3 is 0 Å². The molecule has 0 radical (unpaired) electrons. The van der Waals surface area contributed by atoms with Gasteiger partial charge in [0.25, 0.3) is 0 Å². The van der Waals surface area contributed by atoms with Crippen LogP contribution in [0.1, 0.15) is 18.4 Å². The fraction of sp³-hybridized carbons (Fsp3) is 0.222. The summed E-state index contributed by atoms with van der Waals surface area (Å²) in [6, 6.07) is 7.03. The number of fused-ring (bicyclic) bond motifs is 1. The number of rotatable bonds is 3. The van der Waals surface area contributed by atoms with Crippen LogP contribution >= 0.6 is 0 Å². The van der Waals surface area contributed by atoms with E-state index in [9.17, 15) is 27.2 Å². The van der Waals surface area contributed by atoms with E-state index in [-0.39, 0.29) is 18.4 Å². The van der Waals surface area contributed by atoms with Crippen LogP contribution < -0.4 is 10.2 Å². The Morgan fingerprint density at radius 1 is 1.04 bits per heavy atom. The lowest BCUT2D eigenvalue weighted by atomic mass is 10.1. The van der Waals surface area contributed by atoms with E-state index in [0.717, 1.165) is 5.56 Å². The molecule has 1 N–H and O–H groups in total. The number of anilines is 2. The molecule has 0 saturated heterocycles. The fourth-order valence-electron chi connectivity index (χ4n) is 2.86. The molecule has 26 heavy (non-hydrogen) atoms. The molecule has 0 saturated carbocycles. The van der Waals surface area contributed by atoms with Crippen LogP contribution in [0.4, 0.5) is 28.9 Å². The summed E-state index contributed by atoms with van der Waals surface area (Å²) in [6.45, 7) is -0.535. The van der Waals surface area contributed by atoms with Gasteiger partial charge in [-0.2, -0.15) is 0 Å². The molecule has 8 heteroatoms. The van der Waals surface area contributed by atoms with Gasteiger partial charge in [0, 0.05) is 18.2 Å². The van der Waals surface area contributed by atoms with E-state index in [0.29, 0.717) is 18.5 Å². The molecule has 2 aromatic rings. The van der Waals surface area contributed by atoms with Gasteiger partial charge in [0.15, 0.2) is 23.3 Å². The lowest BCUT2D eigenvalue weighted by Gasteiger charge is -2.22. The van der Waals surface area contributed by atoms with E-state index in [1.165, 1.54) is 4.90 Å². The summed E-state index contributed by atoms with van der Waals surface area (Å²) in [7, 11) is 0. The summed E-state index contributed by atoms with van der Waals surface area (Å²) in [5.74, 6) is -7.97. The normalized spacial score (nSPS) is 14.0. The number of hydrogen-bond acceptors (Lipinski definition) is 2. The predicted molar refractivity (Wildman–Crippen MR) is 86.6 cm³/mol. The highest BCUT2D eigenvalue weighted by Crippen LogP contribution is 2.27. The maximum Gasteiger partial charge on any atom is 0.244 e. The molecular weight excluding hydrogens is 352 g/mol. The molecule has 0 spiro atoms. The van der Waals surface area contributed by atoms with Crippen molar-refractivity contribution in [1.82, 2.24) is 0 Å². The molecular formula is C18H14F4N2O2. The average molecular weight is 366 g/mol. The largest absolute Gasteiger partial charge is 0.319 e. The Morgan fingerprint density at radius 3 is 2.38 bits per heavy atom. The highest BCUT2D eigenvalue weighted by Gasteiger charge is 2.26. The second kappa shape index (κ2) is 7.15. The summed E-state index contributed by atoms with van der Waals surface area (Å²) >= 11 is 0. The van der Waals surface area contributed by atoms with Gasteiger partial charge in [-0.25, -0.2) is 17.6 Å². The van der Waals surface area contributed by atoms with Crippen LogP contribution in [0, 0.1) is 23.3 Å². The number of halogens is 4. The minimum Gasteiger partial charge on any atom is -0.319 e. The van der Waals surface area contributed by atoms with E-state index in [1.54, 1.807) is 18.2 Å². The fourth-order valence-corrected chi connectivity index (χ4v) is 2.86. The maximum atomic E-state index is 13.7. The predicted octanol–water partition coefficient (Wildman–Crippen LogP) is 3.55. The molecule has 1 heterocycles. The van der Waals surface area contributed by atoms with Crippen molar-refractivity contribution in [3.8, 4) is 0 Å². The van der Waals surface area contributed by atoms with Crippen LogP contribution in [-0.4, -0.2) is 18.4 Å². The second-order valence-electron chi connectivity index (χ2n) is 5.85. The zero-order valence-corrected chi connectivity index (χ0v) is 13.5. The maximum absolute atomic E-state index is 13.7. The third-order valence-electron chi connectivity index (χ3n) is 4.10. The van der Waals surface area contributed by atoms with Crippen molar-refractivity contribution in [3.63, 3.8) is 0 Å². The molecule has 0 bridgehead atoms. The van der Waals surface area contributed by atoms with Gasteiger partial charge in [-0.05, 0) is 24.5 Å². The Balaban J connectivity index is 1.86. The highest BCUT2D eigenvalue weighted by molar-refractivity contribution is 6.03. The van der Waals surface area contributed by atoms with Gasteiger partial charge in [-0.3, -0.25) is 9.59 Å². The van der Waals surface area contributed by atoms with Gasteiger partial charge in [0.05, 0.1) is 0 Å². The lowest BCUT2D eigenvalue weighted by molar-refractivity contribution is -0.121. The average Bonchev–Trinajstić information content (AvgIpc) is 2.76. The van der Waals surface area contributed by atoms with Crippen LogP contribution in [-0.2, 0) is 16.0 Å². The van der Waals surface area contributed by atoms with Crippen molar-refractivity contribution >= 4 is 23.2 Å². The molecule has 2 amide bonds. The SMILES string of the molecule is O=C(CN1C(=O)CCCc2ccccc21)Nc1c(F)c(F)cc(F)c1F. The van der Waals surface area contributed by atoms with E-state index >= 15 is 0 Å². The number of nitrogens with one attached hydrogen (secondary N) is 1. The first-order valence-corrected chi connectivity index (χ1v) is 7.89. The van der Waals surface area contributed by atoms with E-state index in [4.69, 9.17) is 0 Å². The van der Waals surface area contributed by atoms with Crippen molar-refractivity contribution in [2.75, 3.05) is 16.8 Å². The molecule has 0 atom stereocenters. The monoisotopic (exact) mass is 366 g/mol. The third kappa shape index (κ3) is 3.40. The molecule has 4 nitrogen and oxygen atoms in total. The molecule has 1 aliphatic heterocycles. The summed E-state index contributed by atoms with van der Waals surface area (Å²) < 4.78 is 53.9. The van der Waals surface area contributed by atoms with E-state index < -0.39 is 41.4 Å². The van der Waals surface area contributed by atoms with E-state index in [2.05, 4.69) is 0 Å². The first-order valence-electron chi connectivity index (χ1n) is 7.89.